The van der Waals surface area contributed by atoms with Crippen LogP contribution in [0.25, 0.3) is 0 Å². The topological polar surface area (TPSA) is 39.2 Å². The summed E-state index contributed by atoms with van der Waals surface area (Å²) in [6, 6.07) is 6.00. The van der Waals surface area contributed by atoms with E-state index in [-0.39, 0.29) is 18.0 Å². The van der Waals surface area contributed by atoms with Crippen LogP contribution in [-0.4, -0.2) is 17.1 Å². The van der Waals surface area contributed by atoms with Gasteiger partial charge in [0.25, 0.3) is 0 Å². The normalized spacial score (nSPS) is 23.3. The SMILES string of the molecule is CC(C)C(=O)OC1CCCCC1Cc1ccccn1. The summed E-state index contributed by atoms with van der Waals surface area (Å²) in [6.45, 7) is 3.78. The van der Waals surface area contributed by atoms with Gasteiger partial charge in [0.1, 0.15) is 6.10 Å². The fraction of sp³-hybridized carbons (Fsp3) is 0.625. The Labute approximate surface area is 115 Å². The van der Waals surface area contributed by atoms with E-state index in [9.17, 15) is 4.79 Å². The van der Waals surface area contributed by atoms with E-state index >= 15 is 0 Å². The van der Waals surface area contributed by atoms with E-state index in [1.54, 1.807) is 0 Å². The third kappa shape index (κ3) is 4.05. The number of rotatable bonds is 4. The predicted molar refractivity (Wildman–Crippen MR) is 74.6 cm³/mol. The lowest BCUT2D eigenvalue weighted by molar-refractivity contribution is -0.157. The molecule has 1 aromatic rings. The fourth-order valence-corrected chi connectivity index (χ4v) is 2.64. The Balaban J connectivity index is 1.98. The smallest absolute Gasteiger partial charge is 0.308 e. The van der Waals surface area contributed by atoms with Crippen molar-refractivity contribution in [3.05, 3.63) is 30.1 Å². The molecule has 0 amide bonds. The Bertz CT molecular complexity index is 402. The third-order valence-electron chi connectivity index (χ3n) is 3.78. The van der Waals surface area contributed by atoms with Crippen LogP contribution < -0.4 is 0 Å². The molecule has 1 fully saturated rings. The van der Waals surface area contributed by atoms with Crippen LogP contribution in [0.15, 0.2) is 24.4 Å². The van der Waals surface area contributed by atoms with Crippen molar-refractivity contribution >= 4 is 5.97 Å². The molecular weight excluding hydrogens is 238 g/mol. The first kappa shape index (κ1) is 14.0. The van der Waals surface area contributed by atoms with Crippen molar-refractivity contribution in [2.24, 2.45) is 11.8 Å². The molecule has 2 atom stereocenters. The molecule has 0 N–H and O–H groups in total. The zero-order chi connectivity index (χ0) is 13.7. The van der Waals surface area contributed by atoms with E-state index < -0.39 is 0 Å². The summed E-state index contributed by atoms with van der Waals surface area (Å²) in [5.74, 6) is 0.307. The quantitative estimate of drug-likeness (QED) is 0.780. The van der Waals surface area contributed by atoms with E-state index in [2.05, 4.69) is 11.1 Å². The molecule has 1 heterocycles. The lowest BCUT2D eigenvalue weighted by Gasteiger charge is -2.31. The molecule has 2 rings (SSSR count). The molecule has 1 saturated carbocycles. The zero-order valence-corrected chi connectivity index (χ0v) is 11.8. The number of ether oxygens (including phenoxy) is 1. The van der Waals surface area contributed by atoms with Crippen LogP contribution in [0.3, 0.4) is 0 Å². The Morgan fingerprint density at radius 2 is 2.16 bits per heavy atom. The molecule has 104 valence electrons. The number of pyridine rings is 1. The summed E-state index contributed by atoms with van der Waals surface area (Å²) in [4.78, 5) is 16.2. The maximum Gasteiger partial charge on any atom is 0.308 e. The predicted octanol–water partition coefficient (Wildman–Crippen LogP) is 3.38. The van der Waals surface area contributed by atoms with Crippen molar-refractivity contribution in [2.75, 3.05) is 0 Å². The first-order chi connectivity index (χ1) is 9.16. The summed E-state index contributed by atoms with van der Waals surface area (Å²) >= 11 is 0. The van der Waals surface area contributed by atoms with Crippen molar-refractivity contribution in [3.63, 3.8) is 0 Å². The summed E-state index contributed by atoms with van der Waals surface area (Å²) < 4.78 is 5.67. The molecule has 3 heteroatoms. The Hall–Kier alpha value is -1.38. The highest BCUT2D eigenvalue weighted by atomic mass is 16.5. The summed E-state index contributed by atoms with van der Waals surface area (Å²) in [7, 11) is 0. The van der Waals surface area contributed by atoms with E-state index in [0.717, 1.165) is 31.4 Å². The highest BCUT2D eigenvalue weighted by molar-refractivity contribution is 5.71. The molecule has 0 radical (unpaired) electrons. The van der Waals surface area contributed by atoms with Gasteiger partial charge >= 0.3 is 5.97 Å². The van der Waals surface area contributed by atoms with E-state index in [0.29, 0.717) is 5.92 Å². The standard InChI is InChI=1S/C16H23NO2/c1-12(2)16(18)19-15-9-4-3-7-13(15)11-14-8-5-6-10-17-14/h5-6,8,10,12-13,15H,3-4,7,9,11H2,1-2H3. The van der Waals surface area contributed by atoms with Crippen LogP contribution in [0.5, 0.6) is 0 Å². The molecule has 3 nitrogen and oxygen atoms in total. The summed E-state index contributed by atoms with van der Waals surface area (Å²) in [5, 5.41) is 0. The lowest BCUT2D eigenvalue weighted by Crippen LogP contribution is -2.33. The van der Waals surface area contributed by atoms with Gasteiger partial charge in [0, 0.05) is 17.8 Å². The number of nitrogens with zero attached hydrogens (tertiary/aromatic N) is 1. The van der Waals surface area contributed by atoms with Gasteiger partial charge in [-0.05, 0) is 37.8 Å². The molecule has 19 heavy (non-hydrogen) atoms. The van der Waals surface area contributed by atoms with Gasteiger partial charge in [-0.2, -0.15) is 0 Å². The number of aromatic nitrogens is 1. The van der Waals surface area contributed by atoms with Crippen molar-refractivity contribution < 1.29 is 9.53 Å². The highest BCUT2D eigenvalue weighted by Gasteiger charge is 2.29. The molecule has 2 unspecified atom stereocenters. The van der Waals surface area contributed by atoms with Gasteiger partial charge in [-0.3, -0.25) is 9.78 Å². The summed E-state index contributed by atoms with van der Waals surface area (Å²) in [6.07, 6.45) is 7.33. The molecule has 1 aromatic heterocycles. The van der Waals surface area contributed by atoms with Crippen LogP contribution in [0.4, 0.5) is 0 Å². The van der Waals surface area contributed by atoms with Crippen LogP contribution in [0.2, 0.25) is 0 Å². The van der Waals surface area contributed by atoms with Gasteiger partial charge < -0.3 is 4.74 Å². The van der Waals surface area contributed by atoms with Crippen molar-refractivity contribution in [1.82, 2.24) is 4.98 Å². The monoisotopic (exact) mass is 261 g/mol. The number of carbonyl (C=O) groups excluding carboxylic acids is 1. The lowest BCUT2D eigenvalue weighted by atomic mass is 9.83. The zero-order valence-electron chi connectivity index (χ0n) is 11.8. The minimum Gasteiger partial charge on any atom is -0.462 e. The van der Waals surface area contributed by atoms with Crippen molar-refractivity contribution in [2.45, 2.75) is 52.1 Å². The first-order valence-electron chi connectivity index (χ1n) is 7.27. The second-order valence-electron chi connectivity index (χ2n) is 5.70. The van der Waals surface area contributed by atoms with Gasteiger partial charge in [-0.25, -0.2) is 0 Å². The molecule has 0 saturated heterocycles. The Morgan fingerprint density at radius 1 is 1.37 bits per heavy atom. The highest BCUT2D eigenvalue weighted by Crippen LogP contribution is 2.29. The largest absolute Gasteiger partial charge is 0.462 e. The third-order valence-corrected chi connectivity index (χ3v) is 3.78. The molecule has 0 aromatic carbocycles. The number of carbonyl (C=O) groups is 1. The van der Waals surface area contributed by atoms with Crippen LogP contribution in [-0.2, 0) is 16.0 Å². The van der Waals surface area contributed by atoms with Crippen molar-refractivity contribution in [3.8, 4) is 0 Å². The maximum atomic E-state index is 11.8. The van der Waals surface area contributed by atoms with Crippen molar-refractivity contribution in [1.29, 1.82) is 0 Å². The van der Waals surface area contributed by atoms with E-state index in [1.807, 2.05) is 32.2 Å². The molecular formula is C16H23NO2. The summed E-state index contributed by atoms with van der Waals surface area (Å²) in [5.41, 5.74) is 1.10. The van der Waals surface area contributed by atoms with E-state index in [1.165, 1.54) is 6.42 Å². The minimum absolute atomic E-state index is 0.0440. The van der Waals surface area contributed by atoms with Gasteiger partial charge in [0.2, 0.25) is 0 Å². The van der Waals surface area contributed by atoms with Gasteiger partial charge in [0.15, 0.2) is 0 Å². The molecule has 0 aliphatic heterocycles. The Morgan fingerprint density at radius 3 is 2.84 bits per heavy atom. The molecule has 1 aliphatic carbocycles. The molecule has 0 bridgehead atoms. The number of hydrogen-bond acceptors (Lipinski definition) is 3. The average Bonchev–Trinajstić information content (AvgIpc) is 2.42. The van der Waals surface area contributed by atoms with E-state index in [4.69, 9.17) is 4.74 Å². The molecule has 1 aliphatic rings. The second-order valence-corrected chi connectivity index (χ2v) is 5.70. The fourth-order valence-electron chi connectivity index (χ4n) is 2.64. The van der Waals surface area contributed by atoms with Gasteiger partial charge in [0.05, 0.1) is 5.92 Å². The first-order valence-corrected chi connectivity index (χ1v) is 7.27. The number of hydrogen-bond donors (Lipinski definition) is 0. The van der Waals surface area contributed by atoms with Crippen LogP contribution in [0, 0.1) is 11.8 Å². The Kier molecular flexibility index (Phi) is 4.94. The van der Waals surface area contributed by atoms with Gasteiger partial charge in [-0.15, -0.1) is 0 Å². The van der Waals surface area contributed by atoms with Crippen LogP contribution >= 0.6 is 0 Å². The maximum absolute atomic E-state index is 11.8. The van der Waals surface area contributed by atoms with Gasteiger partial charge in [-0.1, -0.05) is 26.3 Å². The molecule has 0 spiro atoms. The number of esters is 1. The minimum atomic E-state index is -0.0714. The second kappa shape index (κ2) is 6.69. The van der Waals surface area contributed by atoms with Crippen LogP contribution in [0.1, 0.15) is 45.2 Å². The average molecular weight is 261 g/mol.